The van der Waals surface area contributed by atoms with E-state index in [4.69, 9.17) is 9.47 Å². The van der Waals surface area contributed by atoms with E-state index in [0.29, 0.717) is 23.2 Å². The number of ketones is 1. The second kappa shape index (κ2) is 5.75. The zero-order valence-electron chi connectivity index (χ0n) is 8.75. The molecular weight excluding hydrogens is 260 g/mol. The molecular formula is C11H13BrO3. The SMILES string of the molecule is COc1ccc(CC(=O)CBr)cc1OC. The highest BCUT2D eigenvalue weighted by molar-refractivity contribution is 9.09. The molecule has 1 aromatic rings. The summed E-state index contributed by atoms with van der Waals surface area (Å²) < 4.78 is 10.2. The van der Waals surface area contributed by atoms with Gasteiger partial charge in [0, 0.05) is 6.42 Å². The molecule has 1 aromatic carbocycles. The first-order valence-electron chi connectivity index (χ1n) is 4.49. The lowest BCUT2D eigenvalue weighted by Gasteiger charge is -2.08. The average molecular weight is 273 g/mol. The van der Waals surface area contributed by atoms with Gasteiger partial charge in [-0.25, -0.2) is 0 Å². The van der Waals surface area contributed by atoms with Gasteiger partial charge in [-0.1, -0.05) is 22.0 Å². The van der Waals surface area contributed by atoms with Gasteiger partial charge >= 0.3 is 0 Å². The molecule has 0 saturated carbocycles. The number of rotatable bonds is 5. The molecule has 0 spiro atoms. The first kappa shape index (κ1) is 12.0. The van der Waals surface area contributed by atoms with Crippen molar-refractivity contribution in [3.63, 3.8) is 0 Å². The minimum Gasteiger partial charge on any atom is -0.493 e. The largest absolute Gasteiger partial charge is 0.493 e. The van der Waals surface area contributed by atoms with Crippen LogP contribution in [-0.2, 0) is 11.2 Å². The van der Waals surface area contributed by atoms with Gasteiger partial charge in [-0.05, 0) is 17.7 Å². The lowest BCUT2D eigenvalue weighted by Crippen LogP contribution is -2.03. The lowest BCUT2D eigenvalue weighted by atomic mass is 10.1. The molecule has 3 nitrogen and oxygen atoms in total. The molecule has 0 aliphatic rings. The molecule has 15 heavy (non-hydrogen) atoms. The van der Waals surface area contributed by atoms with Gasteiger partial charge in [0.2, 0.25) is 0 Å². The monoisotopic (exact) mass is 272 g/mol. The van der Waals surface area contributed by atoms with Crippen molar-refractivity contribution < 1.29 is 14.3 Å². The Morgan fingerprint density at radius 1 is 1.27 bits per heavy atom. The van der Waals surface area contributed by atoms with Crippen molar-refractivity contribution in [1.29, 1.82) is 0 Å². The fourth-order valence-electron chi connectivity index (χ4n) is 1.27. The van der Waals surface area contributed by atoms with E-state index in [2.05, 4.69) is 15.9 Å². The molecule has 4 heteroatoms. The summed E-state index contributed by atoms with van der Waals surface area (Å²) in [4.78, 5) is 11.2. The number of hydrogen-bond acceptors (Lipinski definition) is 3. The van der Waals surface area contributed by atoms with Gasteiger partial charge in [0.25, 0.3) is 0 Å². The predicted molar refractivity (Wildman–Crippen MR) is 62.1 cm³/mol. The van der Waals surface area contributed by atoms with E-state index in [9.17, 15) is 4.79 Å². The Balaban J connectivity index is 2.88. The summed E-state index contributed by atoms with van der Waals surface area (Å²) in [6.45, 7) is 0. The van der Waals surface area contributed by atoms with Crippen LogP contribution in [0, 0.1) is 0 Å². The Bertz CT molecular complexity index is 350. The maximum absolute atomic E-state index is 11.2. The molecule has 82 valence electrons. The highest BCUT2D eigenvalue weighted by Crippen LogP contribution is 2.27. The molecule has 0 N–H and O–H groups in total. The molecule has 0 amide bonds. The molecule has 0 heterocycles. The molecule has 0 aliphatic carbocycles. The van der Waals surface area contributed by atoms with E-state index in [0.717, 1.165) is 5.56 Å². The topological polar surface area (TPSA) is 35.5 Å². The first-order chi connectivity index (χ1) is 7.21. The van der Waals surface area contributed by atoms with Crippen molar-refractivity contribution >= 4 is 21.7 Å². The van der Waals surface area contributed by atoms with Crippen LogP contribution in [-0.4, -0.2) is 25.3 Å². The second-order valence-electron chi connectivity index (χ2n) is 3.04. The molecule has 0 radical (unpaired) electrons. The molecule has 0 fully saturated rings. The van der Waals surface area contributed by atoms with E-state index in [1.807, 2.05) is 12.1 Å². The summed E-state index contributed by atoms with van der Waals surface area (Å²) in [6, 6.07) is 5.48. The van der Waals surface area contributed by atoms with Gasteiger partial charge in [-0.2, -0.15) is 0 Å². The fourth-order valence-corrected chi connectivity index (χ4v) is 1.46. The summed E-state index contributed by atoms with van der Waals surface area (Å²) in [6.07, 6.45) is 0.408. The van der Waals surface area contributed by atoms with Crippen LogP contribution >= 0.6 is 15.9 Å². The van der Waals surface area contributed by atoms with Crippen molar-refractivity contribution in [2.24, 2.45) is 0 Å². The zero-order chi connectivity index (χ0) is 11.3. The summed E-state index contributed by atoms with van der Waals surface area (Å²) in [5.74, 6) is 1.46. The van der Waals surface area contributed by atoms with Crippen LogP contribution in [0.5, 0.6) is 11.5 Å². The third-order valence-corrected chi connectivity index (χ3v) is 2.62. The number of Topliss-reactive ketones (excluding diaryl/α,β-unsaturated/α-hetero) is 1. The van der Waals surface area contributed by atoms with Crippen molar-refractivity contribution in [3.05, 3.63) is 23.8 Å². The van der Waals surface area contributed by atoms with Crippen molar-refractivity contribution in [1.82, 2.24) is 0 Å². The number of ether oxygens (including phenoxy) is 2. The zero-order valence-corrected chi connectivity index (χ0v) is 10.3. The summed E-state index contributed by atoms with van der Waals surface area (Å²) in [5.41, 5.74) is 0.928. The van der Waals surface area contributed by atoms with E-state index < -0.39 is 0 Å². The number of benzene rings is 1. The van der Waals surface area contributed by atoms with Crippen molar-refractivity contribution in [3.8, 4) is 11.5 Å². The predicted octanol–water partition coefficient (Wildman–Crippen LogP) is 2.21. The van der Waals surface area contributed by atoms with Gasteiger partial charge in [0.1, 0.15) is 5.78 Å². The Hall–Kier alpha value is -1.03. The van der Waals surface area contributed by atoms with E-state index in [1.54, 1.807) is 20.3 Å². The number of alkyl halides is 1. The normalized spacial score (nSPS) is 9.80. The Kier molecular flexibility index (Phi) is 4.62. The smallest absolute Gasteiger partial charge is 0.161 e. The Morgan fingerprint density at radius 2 is 1.93 bits per heavy atom. The quantitative estimate of drug-likeness (QED) is 0.771. The van der Waals surface area contributed by atoms with E-state index in [1.165, 1.54) is 0 Å². The Morgan fingerprint density at radius 3 is 2.47 bits per heavy atom. The van der Waals surface area contributed by atoms with Gasteiger partial charge in [0.05, 0.1) is 19.5 Å². The molecule has 0 unspecified atom stereocenters. The summed E-state index contributed by atoms with van der Waals surface area (Å²) in [7, 11) is 3.16. The van der Waals surface area contributed by atoms with Crippen LogP contribution in [0.1, 0.15) is 5.56 Å². The number of methoxy groups -OCH3 is 2. The third kappa shape index (κ3) is 3.23. The highest BCUT2D eigenvalue weighted by Gasteiger charge is 2.07. The number of hydrogen-bond donors (Lipinski definition) is 0. The van der Waals surface area contributed by atoms with Crippen LogP contribution in [0.4, 0.5) is 0 Å². The van der Waals surface area contributed by atoms with Gasteiger partial charge in [0.15, 0.2) is 11.5 Å². The second-order valence-corrected chi connectivity index (χ2v) is 3.60. The van der Waals surface area contributed by atoms with Gasteiger partial charge in [-0.15, -0.1) is 0 Å². The van der Waals surface area contributed by atoms with E-state index >= 15 is 0 Å². The minimum absolute atomic E-state index is 0.141. The number of carbonyl (C=O) groups is 1. The molecule has 0 aliphatic heterocycles. The molecule has 1 rings (SSSR count). The van der Waals surface area contributed by atoms with Crippen LogP contribution < -0.4 is 9.47 Å². The lowest BCUT2D eigenvalue weighted by molar-refractivity contribution is -0.115. The van der Waals surface area contributed by atoms with Crippen LogP contribution in [0.15, 0.2) is 18.2 Å². The maximum Gasteiger partial charge on any atom is 0.161 e. The highest BCUT2D eigenvalue weighted by atomic mass is 79.9. The summed E-state index contributed by atoms with van der Waals surface area (Å²) in [5, 5.41) is 0.376. The molecule has 0 aromatic heterocycles. The average Bonchev–Trinajstić information content (AvgIpc) is 2.28. The molecule has 0 atom stereocenters. The van der Waals surface area contributed by atoms with Crippen LogP contribution in [0.3, 0.4) is 0 Å². The van der Waals surface area contributed by atoms with Crippen molar-refractivity contribution in [2.45, 2.75) is 6.42 Å². The third-order valence-electron chi connectivity index (χ3n) is 2.00. The van der Waals surface area contributed by atoms with E-state index in [-0.39, 0.29) is 5.78 Å². The first-order valence-corrected chi connectivity index (χ1v) is 5.62. The minimum atomic E-state index is 0.141. The molecule has 0 bridgehead atoms. The van der Waals surface area contributed by atoms with Crippen molar-refractivity contribution in [2.75, 3.05) is 19.5 Å². The fraction of sp³-hybridized carbons (Fsp3) is 0.364. The summed E-state index contributed by atoms with van der Waals surface area (Å²) >= 11 is 3.13. The van der Waals surface area contributed by atoms with Crippen LogP contribution in [0.25, 0.3) is 0 Å². The Labute approximate surface area is 97.5 Å². The maximum atomic E-state index is 11.2. The standard InChI is InChI=1S/C11H13BrO3/c1-14-10-4-3-8(5-9(13)7-12)6-11(10)15-2/h3-4,6H,5,7H2,1-2H3. The van der Waals surface area contributed by atoms with Crippen LogP contribution in [0.2, 0.25) is 0 Å². The molecule has 0 saturated heterocycles. The van der Waals surface area contributed by atoms with Gasteiger partial charge < -0.3 is 9.47 Å². The number of carbonyl (C=O) groups excluding carboxylic acids is 1. The van der Waals surface area contributed by atoms with Gasteiger partial charge in [-0.3, -0.25) is 4.79 Å². The number of halogens is 1.